The summed E-state index contributed by atoms with van der Waals surface area (Å²) in [5.74, 6) is -0.0161. The first kappa shape index (κ1) is 15.4. The average Bonchev–Trinajstić information content (AvgIpc) is 2.86. The van der Waals surface area contributed by atoms with E-state index in [-0.39, 0.29) is 0 Å². The van der Waals surface area contributed by atoms with Gasteiger partial charge in [-0.2, -0.15) is 11.8 Å². The summed E-state index contributed by atoms with van der Waals surface area (Å²) in [7, 11) is -3.38. The largest absolute Gasteiger partial charge is 0.480 e. The minimum atomic E-state index is -3.38. The number of urea groups is 1. The second kappa shape index (κ2) is 5.80. The van der Waals surface area contributed by atoms with E-state index < -0.39 is 33.3 Å². The molecule has 20 heavy (non-hydrogen) atoms. The molecule has 2 heterocycles. The van der Waals surface area contributed by atoms with Crippen molar-refractivity contribution in [3.8, 4) is 0 Å². The Morgan fingerprint density at radius 2 is 1.95 bits per heavy atom. The van der Waals surface area contributed by atoms with Gasteiger partial charge in [0.15, 0.2) is 9.84 Å². The van der Waals surface area contributed by atoms with Crippen LogP contribution in [0, 0.1) is 0 Å². The number of hydrogen-bond acceptors (Lipinski definition) is 5. The molecule has 0 saturated carbocycles. The Morgan fingerprint density at radius 3 is 2.55 bits per heavy atom. The molecule has 2 aliphatic rings. The lowest BCUT2D eigenvalue weighted by molar-refractivity contribution is -0.141. The minimum Gasteiger partial charge on any atom is -0.480 e. The summed E-state index contributed by atoms with van der Waals surface area (Å²) in [5, 5.41) is 8.26. The van der Waals surface area contributed by atoms with Crippen molar-refractivity contribution in [3.05, 3.63) is 0 Å². The minimum absolute atomic E-state index is 0.337. The van der Waals surface area contributed by atoms with E-state index in [0.717, 1.165) is 6.26 Å². The van der Waals surface area contributed by atoms with Gasteiger partial charge in [0.2, 0.25) is 0 Å². The lowest BCUT2D eigenvalue weighted by Gasteiger charge is -2.37. The Kier molecular flexibility index (Phi) is 4.48. The zero-order valence-corrected chi connectivity index (χ0v) is 12.8. The van der Waals surface area contributed by atoms with E-state index in [1.807, 2.05) is 0 Å². The molecule has 114 valence electrons. The number of aliphatic carboxylic acids is 1. The first-order chi connectivity index (χ1) is 9.32. The van der Waals surface area contributed by atoms with Crippen molar-refractivity contribution in [2.75, 3.05) is 30.9 Å². The molecule has 2 amide bonds. The molecule has 0 aliphatic carbocycles. The summed E-state index contributed by atoms with van der Waals surface area (Å²) < 4.78 is 23.6. The summed E-state index contributed by atoms with van der Waals surface area (Å²) >= 11 is 1.49. The highest BCUT2D eigenvalue weighted by Gasteiger charge is 2.41. The smallest absolute Gasteiger partial charge is 0.326 e. The number of amides is 2. The van der Waals surface area contributed by atoms with E-state index in [0.29, 0.717) is 37.4 Å². The van der Waals surface area contributed by atoms with Crippen LogP contribution in [-0.4, -0.2) is 77.6 Å². The van der Waals surface area contributed by atoms with E-state index in [4.69, 9.17) is 5.11 Å². The number of rotatable bonds is 2. The number of carboxylic acids is 1. The first-order valence-corrected chi connectivity index (χ1v) is 9.50. The summed E-state index contributed by atoms with van der Waals surface area (Å²) in [6.45, 7) is 0.708. The van der Waals surface area contributed by atoms with Crippen molar-refractivity contribution in [1.82, 2.24) is 9.80 Å². The van der Waals surface area contributed by atoms with Gasteiger partial charge in [0, 0.05) is 30.9 Å². The summed E-state index contributed by atoms with van der Waals surface area (Å²) in [6.07, 6.45) is 2.17. The predicted molar refractivity (Wildman–Crippen MR) is 75.4 cm³/mol. The topological polar surface area (TPSA) is 95.0 Å². The van der Waals surface area contributed by atoms with Crippen LogP contribution in [0.15, 0.2) is 0 Å². The van der Waals surface area contributed by atoms with E-state index >= 15 is 0 Å². The molecule has 1 unspecified atom stereocenters. The number of hydrogen-bond donors (Lipinski definition) is 1. The van der Waals surface area contributed by atoms with Crippen molar-refractivity contribution < 1.29 is 23.1 Å². The standard InChI is InChI=1S/C11H18N2O5S2/c1-20(17,18)9-7-19-6-5-13(9)11(16)12-4-2-3-8(12)10(14)15/h8-9H,2-7H2,1H3,(H,14,15)/t8-,9?/m0/s1. The molecule has 0 aromatic heterocycles. The SMILES string of the molecule is CS(=O)(=O)C1CSCCN1C(=O)N1CCC[C@H]1C(=O)O. The highest BCUT2D eigenvalue weighted by Crippen LogP contribution is 2.25. The molecule has 7 nitrogen and oxygen atoms in total. The normalized spacial score (nSPS) is 27.6. The van der Waals surface area contributed by atoms with Crippen LogP contribution >= 0.6 is 11.8 Å². The summed E-state index contributed by atoms with van der Waals surface area (Å²) in [6, 6.07) is -1.30. The van der Waals surface area contributed by atoms with Crippen LogP contribution in [0.5, 0.6) is 0 Å². The fraction of sp³-hybridized carbons (Fsp3) is 0.818. The van der Waals surface area contributed by atoms with Crippen LogP contribution in [0.1, 0.15) is 12.8 Å². The summed E-state index contributed by atoms with van der Waals surface area (Å²) in [5.41, 5.74) is 0. The average molecular weight is 322 g/mol. The molecule has 9 heteroatoms. The van der Waals surface area contributed by atoms with Gasteiger partial charge in [-0.3, -0.25) is 0 Å². The Labute approximate surface area is 122 Å². The van der Waals surface area contributed by atoms with Gasteiger partial charge in [0.25, 0.3) is 0 Å². The molecular formula is C11H18N2O5S2. The molecule has 0 bridgehead atoms. The Hall–Kier alpha value is -0.960. The Morgan fingerprint density at radius 1 is 1.25 bits per heavy atom. The van der Waals surface area contributed by atoms with E-state index in [2.05, 4.69) is 0 Å². The molecule has 0 aromatic rings. The van der Waals surface area contributed by atoms with Crippen molar-refractivity contribution in [1.29, 1.82) is 0 Å². The molecule has 0 radical (unpaired) electrons. The van der Waals surface area contributed by atoms with E-state index in [9.17, 15) is 18.0 Å². The number of carbonyl (C=O) groups is 2. The number of thioether (sulfide) groups is 1. The van der Waals surface area contributed by atoms with Crippen LogP contribution in [0.3, 0.4) is 0 Å². The maximum Gasteiger partial charge on any atom is 0.326 e. The molecule has 1 N–H and O–H groups in total. The van der Waals surface area contributed by atoms with Gasteiger partial charge in [0.05, 0.1) is 0 Å². The molecular weight excluding hydrogens is 304 g/mol. The number of nitrogens with zero attached hydrogens (tertiary/aromatic N) is 2. The highest BCUT2D eigenvalue weighted by molar-refractivity contribution is 8.00. The zero-order valence-electron chi connectivity index (χ0n) is 11.2. The number of likely N-dealkylation sites (tertiary alicyclic amines) is 1. The molecule has 0 aromatic carbocycles. The van der Waals surface area contributed by atoms with Gasteiger partial charge in [0.1, 0.15) is 11.4 Å². The van der Waals surface area contributed by atoms with Crippen molar-refractivity contribution in [2.45, 2.75) is 24.3 Å². The number of sulfone groups is 1. The molecule has 2 atom stereocenters. The fourth-order valence-corrected chi connectivity index (χ4v) is 5.38. The first-order valence-electron chi connectivity index (χ1n) is 6.39. The van der Waals surface area contributed by atoms with Gasteiger partial charge in [-0.05, 0) is 12.8 Å². The maximum absolute atomic E-state index is 12.5. The van der Waals surface area contributed by atoms with Crippen LogP contribution in [0.25, 0.3) is 0 Å². The van der Waals surface area contributed by atoms with E-state index in [1.54, 1.807) is 0 Å². The predicted octanol–water partition coefficient (Wildman–Crippen LogP) is 0.0749. The van der Waals surface area contributed by atoms with Crippen LogP contribution in [-0.2, 0) is 14.6 Å². The van der Waals surface area contributed by atoms with E-state index in [1.165, 1.54) is 21.6 Å². The third-order valence-corrected chi connectivity index (χ3v) is 6.25. The van der Waals surface area contributed by atoms with Gasteiger partial charge >= 0.3 is 12.0 Å². The summed E-state index contributed by atoms with van der Waals surface area (Å²) in [4.78, 5) is 26.2. The molecule has 2 fully saturated rings. The zero-order chi connectivity index (χ0) is 14.9. The Bertz CT molecular complexity index is 507. The van der Waals surface area contributed by atoms with Crippen LogP contribution < -0.4 is 0 Å². The molecule has 2 saturated heterocycles. The monoisotopic (exact) mass is 322 g/mol. The lowest BCUT2D eigenvalue weighted by Crippen LogP contribution is -2.56. The fourth-order valence-electron chi connectivity index (χ4n) is 2.57. The third kappa shape index (κ3) is 3.03. The van der Waals surface area contributed by atoms with Gasteiger partial charge < -0.3 is 14.9 Å². The van der Waals surface area contributed by atoms with Gasteiger partial charge in [-0.1, -0.05) is 0 Å². The van der Waals surface area contributed by atoms with Crippen LogP contribution in [0.4, 0.5) is 4.79 Å². The maximum atomic E-state index is 12.5. The van der Waals surface area contributed by atoms with Gasteiger partial charge in [-0.15, -0.1) is 0 Å². The van der Waals surface area contributed by atoms with Crippen molar-refractivity contribution in [2.24, 2.45) is 0 Å². The molecule has 0 spiro atoms. The second-order valence-electron chi connectivity index (χ2n) is 5.02. The highest BCUT2D eigenvalue weighted by atomic mass is 32.2. The molecule has 2 rings (SSSR count). The lowest BCUT2D eigenvalue weighted by atomic mass is 10.2. The van der Waals surface area contributed by atoms with Crippen molar-refractivity contribution in [3.63, 3.8) is 0 Å². The quantitative estimate of drug-likeness (QED) is 0.773. The molecule has 2 aliphatic heterocycles. The number of carboxylic acid groups (broad SMARTS) is 1. The van der Waals surface area contributed by atoms with Crippen molar-refractivity contribution >= 4 is 33.6 Å². The second-order valence-corrected chi connectivity index (χ2v) is 8.38. The third-order valence-electron chi connectivity index (χ3n) is 3.61. The Balaban J connectivity index is 2.20. The van der Waals surface area contributed by atoms with Gasteiger partial charge in [-0.25, -0.2) is 18.0 Å². The van der Waals surface area contributed by atoms with Crippen LogP contribution in [0.2, 0.25) is 0 Å². The number of carbonyl (C=O) groups excluding carboxylic acids is 1.